The molecule has 1 aliphatic rings. The van der Waals surface area contributed by atoms with Crippen LogP contribution in [-0.2, 0) is 4.79 Å². The second-order valence-corrected chi connectivity index (χ2v) is 6.24. The zero-order chi connectivity index (χ0) is 19.0. The number of aryl methyl sites for hydroxylation is 1. The zero-order valence-corrected chi connectivity index (χ0v) is 14.8. The number of anilines is 2. The second kappa shape index (κ2) is 6.60. The summed E-state index contributed by atoms with van der Waals surface area (Å²) in [6.07, 6.45) is -0.550. The van der Waals surface area contributed by atoms with Crippen LogP contribution in [-0.4, -0.2) is 23.1 Å². The summed E-state index contributed by atoms with van der Waals surface area (Å²) in [5.41, 5.74) is 2.68. The van der Waals surface area contributed by atoms with Crippen LogP contribution in [0.5, 0.6) is 5.75 Å². The van der Waals surface area contributed by atoms with Crippen LogP contribution in [0.1, 0.15) is 23.0 Å². The molecule has 0 saturated heterocycles. The van der Waals surface area contributed by atoms with Crippen molar-refractivity contribution < 1.29 is 18.8 Å². The van der Waals surface area contributed by atoms with Gasteiger partial charge < -0.3 is 19.9 Å². The molecule has 1 atom stereocenters. The Hall–Kier alpha value is -3.61. The van der Waals surface area contributed by atoms with Crippen molar-refractivity contribution in [3.05, 3.63) is 59.9 Å². The second-order valence-electron chi connectivity index (χ2n) is 6.24. The Kier molecular flexibility index (Phi) is 4.12. The van der Waals surface area contributed by atoms with E-state index in [9.17, 15) is 9.59 Å². The average molecular weight is 363 g/mol. The maximum Gasteiger partial charge on any atom is 0.265 e. The average Bonchev–Trinajstić information content (AvgIpc) is 3.05. The molecule has 3 aromatic rings. The van der Waals surface area contributed by atoms with E-state index in [0.717, 1.165) is 5.56 Å². The van der Waals surface area contributed by atoms with Gasteiger partial charge in [-0.15, -0.1) is 0 Å². The van der Waals surface area contributed by atoms with Gasteiger partial charge in [-0.25, -0.2) is 0 Å². The summed E-state index contributed by atoms with van der Waals surface area (Å²) >= 11 is 0. The summed E-state index contributed by atoms with van der Waals surface area (Å²) < 4.78 is 10.8. The number of carbonyl (C=O) groups is 2. The lowest BCUT2D eigenvalue weighted by Gasteiger charge is -2.23. The van der Waals surface area contributed by atoms with Gasteiger partial charge in [0.2, 0.25) is 0 Å². The maximum absolute atomic E-state index is 12.8. The topological polar surface area (TPSA) is 93.5 Å². The van der Waals surface area contributed by atoms with Crippen molar-refractivity contribution in [2.75, 3.05) is 10.6 Å². The van der Waals surface area contributed by atoms with Gasteiger partial charge in [0, 0.05) is 11.3 Å². The number of hydrogen-bond acceptors (Lipinski definition) is 5. The highest BCUT2D eigenvalue weighted by Gasteiger charge is 2.25. The van der Waals surface area contributed by atoms with Crippen molar-refractivity contribution in [2.24, 2.45) is 0 Å². The lowest BCUT2D eigenvalue weighted by molar-refractivity contribution is -0.122. The standard InChI is InChI=1S/C20H17N3O4/c1-11-17(18(23-27-11)13-6-4-3-5-7-13)20(25)21-14-8-9-16-15(10-14)22-19(24)12(2)26-16/h3-10,12H,1-2H3,(H,21,25)(H,22,24). The van der Waals surface area contributed by atoms with Crippen molar-refractivity contribution in [1.29, 1.82) is 0 Å². The van der Waals surface area contributed by atoms with Crippen LogP contribution >= 0.6 is 0 Å². The molecule has 0 aliphatic carbocycles. The largest absolute Gasteiger partial charge is 0.479 e. The van der Waals surface area contributed by atoms with Crippen LogP contribution in [0.15, 0.2) is 53.1 Å². The minimum absolute atomic E-state index is 0.229. The van der Waals surface area contributed by atoms with Gasteiger partial charge in [0.25, 0.3) is 11.8 Å². The number of aromatic nitrogens is 1. The van der Waals surface area contributed by atoms with E-state index >= 15 is 0 Å². The van der Waals surface area contributed by atoms with Crippen LogP contribution < -0.4 is 15.4 Å². The summed E-state index contributed by atoms with van der Waals surface area (Å²) in [5.74, 6) is 0.414. The summed E-state index contributed by atoms with van der Waals surface area (Å²) in [6, 6.07) is 14.4. The van der Waals surface area contributed by atoms with Gasteiger partial charge in [-0.05, 0) is 32.0 Å². The smallest absolute Gasteiger partial charge is 0.265 e. The molecule has 0 fully saturated rings. The van der Waals surface area contributed by atoms with Crippen molar-refractivity contribution >= 4 is 23.2 Å². The lowest BCUT2D eigenvalue weighted by atomic mass is 10.1. The van der Waals surface area contributed by atoms with Crippen LogP contribution in [0.2, 0.25) is 0 Å². The molecule has 2 N–H and O–H groups in total. The Morgan fingerprint density at radius 3 is 2.74 bits per heavy atom. The fourth-order valence-corrected chi connectivity index (χ4v) is 2.91. The zero-order valence-electron chi connectivity index (χ0n) is 14.8. The molecule has 4 rings (SSSR count). The third kappa shape index (κ3) is 3.15. The Bertz CT molecular complexity index is 1030. The summed E-state index contributed by atoms with van der Waals surface area (Å²) in [5, 5.41) is 9.61. The van der Waals surface area contributed by atoms with Crippen LogP contribution in [0.3, 0.4) is 0 Å². The highest BCUT2D eigenvalue weighted by molar-refractivity contribution is 6.09. The minimum atomic E-state index is -0.550. The van der Waals surface area contributed by atoms with Gasteiger partial charge in [-0.1, -0.05) is 35.5 Å². The first-order valence-corrected chi connectivity index (χ1v) is 8.47. The van der Waals surface area contributed by atoms with Crippen molar-refractivity contribution in [2.45, 2.75) is 20.0 Å². The molecule has 2 amide bonds. The number of benzene rings is 2. The molecule has 0 saturated carbocycles. The molecule has 27 heavy (non-hydrogen) atoms. The summed E-state index contributed by atoms with van der Waals surface area (Å²) in [6.45, 7) is 3.37. The number of ether oxygens (including phenoxy) is 1. The number of fused-ring (bicyclic) bond motifs is 1. The number of nitrogens with one attached hydrogen (secondary N) is 2. The van der Waals surface area contributed by atoms with E-state index in [4.69, 9.17) is 9.26 Å². The van der Waals surface area contributed by atoms with E-state index in [1.807, 2.05) is 30.3 Å². The third-order valence-corrected chi connectivity index (χ3v) is 4.31. The van der Waals surface area contributed by atoms with E-state index in [0.29, 0.717) is 34.1 Å². The molecule has 0 radical (unpaired) electrons. The number of nitrogens with zero attached hydrogens (tertiary/aromatic N) is 1. The molecule has 2 heterocycles. The third-order valence-electron chi connectivity index (χ3n) is 4.31. The Morgan fingerprint density at radius 2 is 1.96 bits per heavy atom. The molecule has 1 aliphatic heterocycles. The van der Waals surface area contributed by atoms with Crippen molar-refractivity contribution in [3.8, 4) is 17.0 Å². The Balaban J connectivity index is 1.62. The predicted molar refractivity (Wildman–Crippen MR) is 99.8 cm³/mol. The van der Waals surface area contributed by atoms with Gasteiger partial charge in [0.15, 0.2) is 6.10 Å². The van der Waals surface area contributed by atoms with E-state index < -0.39 is 6.10 Å². The van der Waals surface area contributed by atoms with Crippen LogP contribution in [0.4, 0.5) is 11.4 Å². The first-order valence-electron chi connectivity index (χ1n) is 8.47. The van der Waals surface area contributed by atoms with Crippen LogP contribution in [0.25, 0.3) is 11.3 Å². The molecule has 7 heteroatoms. The molecule has 136 valence electrons. The first-order chi connectivity index (χ1) is 13.0. The van der Waals surface area contributed by atoms with Crippen molar-refractivity contribution in [1.82, 2.24) is 5.16 Å². The van der Waals surface area contributed by atoms with E-state index in [-0.39, 0.29) is 11.8 Å². The van der Waals surface area contributed by atoms with Gasteiger partial charge in [0.1, 0.15) is 22.8 Å². The Morgan fingerprint density at radius 1 is 1.19 bits per heavy atom. The van der Waals surface area contributed by atoms with E-state index in [1.165, 1.54) is 0 Å². The maximum atomic E-state index is 12.8. The highest BCUT2D eigenvalue weighted by atomic mass is 16.5. The normalized spacial score (nSPS) is 15.5. The fourth-order valence-electron chi connectivity index (χ4n) is 2.91. The predicted octanol–water partition coefficient (Wildman–Crippen LogP) is 3.62. The highest BCUT2D eigenvalue weighted by Crippen LogP contribution is 2.33. The van der Waals surface area contributed by atoms with E-state index in [1.54, 1.807) is 32.0 Å². The van der Waals surface area contributed by atoms with Gasteiger partial charge >= 0.3 is 0 Å². The molecule has 1 aromatic heterocycles. The minimum Gasteiger partial charge on any atom is -0.479 e. The first kappa shape index (κ1) is 16.8. The van der Waals surface area contributed by atoms with Gasteiger partial charge in [-0.3, -0.25) is 9.59 Å². The molecule has 0 bridgehead atoms. The van der Waals surface area contributed by atoms with Crippen molar-refractivity contribution in [3.63, 3.8) is 0 Å². The SMILES string of the molecule is Cc1onc(-c2ccccc2)c1C(=O)Nc1ccc2c(c1)NC(=O)C(C)O2. The molecular weight excluding hydrogens is 346 g/mol. The Labute approximate surface area is 155 Å². The number of hydrogen-bond donors (Lipinski definition) is 2. The van der Waals surface area contributed by atoms with Crippen LogP contribution in [0, 0.1) is 6.92 Å². The monoisotopic (exact) mass is 363 g/mol. The van der Waals surface area contributed by atoms with E-state index in [2.05, 4.69) is 15.8 Å². The number of amides is 2. The lowest BCUT2D eigenvalue weighted by Crippen LogP contribution is -2.34. The number of rotatable bonds is 3. The number of carbonyl (C=O) groups excluding carboxylic acids is 2. The molecule has 7 nitrogen and oxygen atoms in total. The van der Waals surface area contributed by atoms with Gasteiger partial charge in [0.05, 0.1) is 5.69 Å². The summed E-state index contributed by atoms with van der Waals surface area (Å²) in [4.78, 5) is 24.6. The quantitative estimate of drug-likeness (QED) is 0.741. The van der Waals surface area contributed by atoms with Gasteiger partial charge in [-0.2, -0.15) is 0 Å². The molecule has 1 unspecified atom stereocenters. The molecule has 0 spiro atoms. The molecule has 2 aromatic carbocycles. The fraction of sp³-hybridized carbons (Fsp3) is 0.150. The summed E-state index contributed by atoms with van der Waals surface area (Å²) in [7, 11) is 0. The molecular formula is C20H17N3O4.